The summed E-state index contributed by atoms with van der Waals surface area (Å²) in [4.78, 5) is 3.93. The van der Waals surface area contributed by atoms with Gasteiger partial charge in [-0.05, 0) is 46.3 Å². The molecule has 19 heavy (non-hydrogen) atoms. The Morgan fingerprint density at radius 2 is 1.89 bits per heavy atom. The number of nitrogens with zero attached hydrogens (tertiary/aromatic N) is 1. The summed E-state index contributed by atoms with van der Waals surface area (Å²) < 4.78 is 28.1. The fraction of sp³-hybridized carbons (Fsp3) is 0. The van der Waals surface area contributed by atoms with Crippen LogP contribution in [0.2, 0.25) is 5.15 Å². The number of benzene rings is 1. The van der Waals surface area contributed by atoms with Gasteiger partial charge in [0, 0.05) is 15.1 Å². The molecule has 1 aromatic heterocycles. The van der Waals surface area contributed by atoms with Gasteiger partial charge in [-0.25, -0.2) is 13.4 Å². The Balaban J connectivity index is 2.38. The summed E-state index contributed by atoms with van der Waals surface area (Å²) in [5.41, 5.74) is 0.356. The molecule has 0 amide bonds. The predicted molar refractivity (Wildman–Crippen MR) is 81.9 cm³/mol. The first-order chi connectivity index (χ1) is 8.88. The van der Waals surface area contributed by atoms with Crippen molar-refractivity contribution in [2.75, 3.05) is 4.72 Å². The highest BCUT2D eigenvalue weighted by Gasteiger charge is 2.18. The first-order valence-electron chi connectivity index (χ1n) is 4.98. The van der Waals surface area contributed by atoms with Crippen LogP contribution in [0.5, 0.6) is 0 Å². The van der Waals surface area contributed by atoms with Crippen molar-refractivity contribution in [3.05, 3.63) is 50.6 Å². The molecule has 100 valence electrons. The van der Waals surface area contributed by atoms with Gasteiger partial charge in [-0.2, -0.15) is 0 Å². The summed E-state index contributed by atoms with van der Waals surface area (Å²) in [6.45, 7) is 0. The minimum Gasteiger partial charge on any atom is -0.279 e. The Bertz CT molecular complexity index is 722. The summed E-state index contributed by atoms with van der Waals surface area (Å²) in [5.74, 6) is 0. The lowest BCUT2D eigenvalue weighted by molar-refractivity contribution is 0.600. The van der Waals surface area contributed by atoms with Gasteiger partial charge in [0.05, 0.1) is 5.69 Å². The van der Waals surface area contributed by atoms with Crippen molar-refractivity contribution in [1.82, 2.24) is 4.98 Å². The highest BCUT2D eigenvalue weighted by atomic mass is 79.9. The van der Waals surface area contributed by atoms with Gasteiger partial charge >= 0.3 is 0 Å². The zero-order valence-corrected chi connectivity index (χ0v) is 14.0. The molecule has 1 N–H and O–H groups in total. The number of nitrogens with one attached hydrogen (secondary N) is 1. The third-order valence-electron chi connectivity index (χ3n) is 2.16. The lowest BCUT2D eigenvalue weighted by Crippen LogP contribution is -2.13. The van der Waals surface area contributed by atoms with Gasteiger partial charge in [0.2, 0.25) is 0 Å². The molecule has 8 heteroatoms. The van der Waals surface area contributed by atoms with Gasteiger partial charge in [-0.15, -0.1) is 0 Å². The molecule has 0 saturated heterocycles. The second kappa shape index (κ2) is 5.78. The van der Waals surface area contributed by atoms with E-state index in [0.29, 0.717) is 10.2 Å². The van der Waals surface area contributed by atoms with Crippen LogP contribution in [-0.4, -0.2) is 13.4 Å². The molecule has 1 heterocycles. The quantitative estimate of drug-likeness (QED) is 0.753. The van der Waals surface area contributed by atoms with E-state index in [0.717, 1.165) is 4.47 Å². The first kappa shape index (κ1) is 14.8. The summed E-state index contributed by atoms with van der Waals surface area (Å²) in [6.07, 6.45) is 1.43. The van der Waals surface area contributed by atoms with E-state index in [1.165, 1.54) is 24.4 Å². The molecule has 0 aliphatic rings. The molecule has 0 unspecified atom stereocenters. The third-order valence-corrected chi connectivity index (χ3v) is 5.22. The van der Waals surface area contributed by atoms with Crippen molar-refractivity contribution in [3.8, 4) is 0 Å². The van der Waals surface area contributed by atoms with Crippen molar-refractivity contribution in [3.63, 3.8) is 0 Å². The van der Waals surface area contributed by atoms with Gasteiger partial charge in [-0.1, -0.05) is 27.5 Å². The molecule has 0 atom stereocenters. The van der Waals surface area contributed by atoms with Crippen molar-refractivity contribution >= 4 is 59.2 Å². The van der Waals surface area contributed by atoms with Crippen LogP contribution in [0, 0.1) is 0 Å². The van der Waals surface area contributed by atoms with E-state index < -0.39 is 10.0 Å². The van der Waals surface area contributed by atoms with Crippen LogP contribution < -0.4 is 4.72 Å². The Hall–Kier alpha value is -0.630. The molecule has 0 spiro atoms. The molecule has 0 bridgehead atoms. The van der Waals surface area contributed by atoms with Crippen LogP contribution in [0.1, 0.15) is 0 Å². The lowest BCUT2D eigenvalue weighted by atomic mass is 10.4. The maximum atomic E-state index is 12.2. The molecule has 4 nitrogen and oxygen atoms in total. The Labute approximate surface area is 132 Å². The first-order valence-corrected chi connectivity index (χ1v) is 8.42. The Kier molecular flexibility index (Phi) is 4.50. The maximum Gasteiger partial charge on any atom is 0.263 e. The minimum atomic E-state index is -3.68. The molecular formula is C11H7Br2ClN2O2S. The van der Waals surface area contributed by atoms with Crippen molar-refractivity contribution in [1.29, 1.82) is 0 Å². The maximum absolute atomic E-state index is 12.2. The lowest BCUT2D eigenvalue weighted by Gasteiger charge is -2.09. The Morgan fingerprint density at radius 3 is 2.53 bits per heavy atom. The monoisotopic (exact) mass is 424 g/mol. The highest BCUT2D eigenvalue weighted by Crippen LogP contribution is 2.27. The zero-order valence-electron chi connectivity index (χ0n) is 9.27. The third kappa shape index (κ3) is 3.68. The number of halogens is 3. The molecule has 0 saturated carbocycles. The van der Waals surface area contributed by atoms with Crippen molar-refractivity contribution < 1.29 is 8.42 Å². The van der Waals surface area contributed by atoms with Crippen LogP contribution >= 0.6 is 43.5 Å². The summed E-state index contributed by atoms with van der Waals surface area (Å²) in [6, 6.07) is 7.77. The largest absolute Gasteiger partial charge is 0.279 e. The Morgan fingerprint density at radius 1 is 1.16 bits per heavy atom. The predicted octanol–water partition coefficient (Wildman–Crippen LogP) is 4.06. The molecule has 0 fully saturated rings. The van der Waals surface area contributed by atoms with Crippen LogP contribution in [0.15, 0.2) is 50.4 Å². The van der Waals surface area contributed by atoms with Gasteiger partial charge in [0.15, 0.2) is 0 Å². The number of hydrogen-bond acceptors (Lipinski definition) is 3. The SMILES string of the molecule is O=S(=O)(Nc1ccnc(Cl)c1)c1ccc(Br)cc1Br. The van der Waals surface area contributed by atoms with E-state index in [1.54, 1.807) is 12.1 Å². The smallest absolute Gasteiger partial charge is 0.263 e. The van der Waals surface area contributed by atoms with Crippen LogP contribution in [0.25, 0.3) is 0 Å². The normalized spacial score (nSPS) is 11.3. The average molecular weight is 427 g/mol. The van der Waals surface area contributed by atoms with Gasteiger partial charge in [0.25, 0.3) is 10.0 Å². The number of aromatic nitrogens is 1. The van der Waals surface area contributed by atoms with Gasteiger partial charge in [0.1, 0.15) is 10.0 Å². The molecule has 0 radical (unpaired) electrons. The topological polar surface area (TPSA) is 59.1 Å². The molecule has 0 aliphatic heterocycles. The molecular weight excluding hydrogens is 419 g/mol. The van der Waals surface area contributed by atoms with E-state index >= 15 is 0 Å². The van der Waals surface area contributed by atoms with E-state index in [9.17, 15) is 8.42 Å². The average Bonchev–Trinajstić information content (AvgIpc) is 2.27. The summed E-state index contributed by atoms with van der Waals surface area (Å²) >= 11 is 12.2. The molecule has 2 rings (SSSR count). The van der Waals surface area contributed by atoms with Gasteiger partial charge < -0.3 is 0 Å². The molecule has 0 aliphatic carbocycles. The van der Waals surface area contributed by atoms with Crippen molar-refractivity contribution in [2.24, 2.45) is 0 Å². The number of pyridine rings is 1. The minimum absolute atomic E-state index is 0.142. The number of sulfonamides is 1. The van der Waals surface area contributed by atoms with E-state index in [4.69, 9.17) is 11.6 Å². The highest BCUT2D eigenvalue weighted by molar-refractivity contribution is 9.11. The van der Waals surface area contributed by atoms with Gasteiger partial charge in [-0.3, -0.25) is 4.72 Å². The second-order valence-electron chi connectivity index (χ2n) is 3.55. The number of anilines is 1. The van der Waals surface area contributed by atoms with E-state index in [-0.39, 0.29) is 10.0 Å². The summed E-state index contributed by atoms with van der Waals surface area (Å²) in [7, 11) is -3.68. The standard InChI is InChI=1S/C11H7Br2ClN2O2S/c12-7-1-2-10(9(13)5-7)19(17,18)16-8-3-4-15-11(14)6-8/h1-6H,(H,15,16). The van der Waals surface area contributed by atoms with E-state index in [1.807, 2.05) is 0 Å². The van der Waals surface area contributed by atoms with Crippen LogP contribution in [-0.2, 0) is 10.0 Å². The van der Waals surface area contributed by atoms with Crippen molar-refractivity contribution in [2.45, 2.75) is 4.90 Å². The van der Waals surface area contributed by atoms with Crippen LogP contribution in [0.3, 0.4) is 0 Å². The number of rotatable bonds is 3. The zero-order chi connectivity index (χ0) is 14.0. The van der Waals surface area contributed by atoms with Crippen LogP contribution in [0.4, 0.5) is 5.69 Å². The number of hydrogen-bond donors (Lipinski definition) is 1. The fourth-order valence-electron chi connectivity index (χ4n) is 1.37. The second-order valence-corrected chi connectivity index (χ2v) is 7.36. The summed E-state index contributed by atoms with van der Waals surface area (Å²) in [5, 5.41) is 0.218. The fourth-order valence-corrected chi connectivity index (χ4v) is 4.34. The van der Waals surface area contributed by atoms with E-state index in [2.05, 4.69) is 41.6 Å². The molecule has 2 aromatic rings. The molecule has 1 aromatic carbocycles.